The maximum absolute atomic E-state index is 13.6. The summed E-state index contributed by atoms with van der Waals surface area (Å²) < 4.78 is 2.43. The number of nitrogens with one attached hydrogen (secondary N) is 1. The van der Waals surface area contributed by atoms with Crippen LogP contribution in [0.3, 0.4) is 0 Å². The van der Waals surface area contributed by atoms with Crippen LogP contribution in [0.2, 0.25) is 5.02 Å². The average Bonchev–Trinajstić information content (AvgIpc) is 3.41. The second kappa shape index (κ2) is 8.03. The van der Waals surface area contributed by atoms with Crippen LogP contribution in [0.15, 0.2) is 101 Å². The number of para-hydroxylation sites is 1. The molecule has 0 amide bonds. The predicted molar refractivity (Wildman–Crippen MR) is 135 cm³/mol. The van der Waals surface area contributed by atoms with E-state index in [0.29, 0.717) is 14.4 Å². The molecule has 33 heavy (non-hydrogen) atoms. The van der Waals surface area contributed by atoms with E-state index in [1.807, 2.05) is 85.1 Å². The monoisotopic (exact) mass is 467 g/mol. The molecular formula is C27H18ClN3OS. The molecule has 0 fully saturated rings. The number of nitrogens with zero attached hydrogens (tertiary/aromatic N) is 2. The summed E-state index contributed by atoms with van der Waals surface area (Å²) in [5.41, 5.74) is 4.85. The number of hydrogen-bond donors (Lipinski definition) is 1. The predicted octanol–water partition coefficient (Wildman–Crippen LogP) is 5.14. The van der Waals surface area contributed by atoms with Gasteiger partial charge in [0.05, 0.1) is 16.3 Å². The molecule has 0 spiro atoms. The molecule has 0 saturated heterocycles. The van der Waals surface area contributed by atoms with Crippen LogP contribution in [0.4, 0.5) is 0 Å². The second-order valence-electron chi connectivity index (χ2n) is 7.88. The molecule has 0 bridgehead atoms. The van der Waals surface area contributed by atoms with Gasteiger partial charge in [-0.2, -0.15) is 0 Å². The Bertz CT molecular complexity index is 1690. The van der Waals surface area contributed by atoms with Crippen LogP contribution < -0.4 is 14.9 Å². The molecule has 1 unspecified atom stereocenters. The number of halogens is 1. The van der Waals surface area contributed by atoms with Gasteiger partial charge in [0.1, 0.15) is 0 Å². The summed E-state index contributed by atoms with van der Waals surface area (Å²) in [6, 6.07) is 25.5. The summed E-state index contributed by atoms with van der Waals surface area (Å²) in [4.78, 5) is 22.4. The Morgan fingerprint density at radius 1 is 0.970 bits per heavy atom. The van der Waals surface area contributed by atoms with E-state index in [1.54, 1.807) is 4.57 Å². The van der Waals surface area contributed by atoms with Gasteiger partial charge >= 0.3 is 0 Å². The summed E-state index contributed by atoms with van der Waals surface area (Å²) in [5.74, 6) is 0. The number of allylic oxidation sites excluding steroid dienone is 1. The Kier molecular flexibility index (Phi) is 4.86. The van der Waals surface area contributed by atoms with Crippen molar-refractivity contribution in [2.24, 2.45) is 4.99 Å². The highest BCUT2D eigenvalue weighted by Crippen LogP contribution is 2.27. The Balaban J connectivity index is 1.58. The molecule has 2 aromatic heterocycles. The topological polar surface area (TPSA) is 50.1 Å². The van der Waals surface area contributed by atoms with Crippen LogP contribution in [-0.2, 0) is 0 Å². The van der Waals surface area contributed by atoms with Crippen LogP contribution in [0.5, 0.6) is 0 Å². The van der Waals surface area contributed by atoms with E-state index in [4.69, 9.17) is 16.6 Å². The second-order valence-corrected chi connectivity index (χ2v) is 9.33. The van der Waals surface area contributed by atoms with Gasteiger partial charge in [-0.1, -0.05) is 83.6 Å². The van der Waals surface area contributed by atoms with E-state index in [9.17, 15) is 4.79 Å². The minimum absolute atomic E-state index is 0.0488. The van der Waals surface area contributed by atoms with Crippen molar-refractivity contribution in [2.45, 2.75) is 6.04 Å². The highest BCUT2D eigenvalue weighted by molar-refractivity contribution is 7.07. The number of aromatic nitrogens is 2. The number of benzene rings is 3. The van der Waals surface area contributed by atoms with Gasteiger partial charge in [-0.15, -0.1) is 0 Å². The molecule has 1 atom stereocenters. The number of hydrogen-bond acceptors (Lipinski definition) is 3. The first-order valence-corrected chi connectivity index (χ1v) is 11.8. The van der Waals surface area contributed by atoms with Gasteiger partial charge in [0.15, 0.2) is 4.80 Å². The molecular weight excluding hydrogens is 450 g/mol. The molecule has 1 aliphatic rings. The number of aromatic amines is 1. The zero-order valence-electron chi connectivity index (χ0n) is 17.4. The van der Waals surface area contributed by atoms with Crippen LogP contribution in [0.1, 0.15) is 22.7 Å². The lowest BCUT2D eigenvalue weighted by Gasteiger charge is -2.19. The van der Waals surface area contributed by atoms with E-state index in [1.165, 1.54) is 11.3 Å². The summed E-state index contributed by atoms with van der Waals surface area (Å²) in [7, 11) is 0. The third kappa shape index (κ3) is 3.55. The van der Waals surface area contributed by atoms with Crippen molar-refractivity contribution >= 4 is 45.6 Å². The van der Waals surface area contributed by atoms with E-state index in [-0.39, 0.29) is 11.6 Å². The van der Waals surface area contributed by atoms with Gasteiger partial charge in [0.2, 0.25) is 0 Å². The first kappa shape index (κ1) is 20.0. The largest absolute Gasteiger partial charge is 0.361 e. The van der Waals surface area contributed by atoms with Crippen molar-refractivity contribution in [3.05, 3.63) is 133 Å². The average molecular weight is 468 g/mol. The third-order valence-corrected chi connectivity index (χ3v) is 7.07. The Hall–Kier alpha value is -3.67. The highest BCUT2D eigenvalue weighted by atomic mass is 35.5. The highest BCUT2D eigenvalue weighted by Gasteiger charge is 2.22. The summed E-state index contributed by atoms with van der Waals surface area (Å²) in [6.45, 7) is 0. The zero-order valence-corrected chi connectivity index (χ0v) is 19.0. The molecule has 0 aliphatic carbocycles. The molecule has 3 aromatic carbocycles. The van der Waals surface area contributed by atoms with Crippen LogP contribution >= 0.6 is 22.9 Å². The normalized spacial score (nSPS) is 15.8. The summed E-state index contributed by atoms with van der Waals surface area (Å²) in [6.07, 6.45) is 5.94. The molecule has 4 nitrogen and oxygen atoms in total. The van der Waals surface area contributed by atoms with Gasteiger partial charge in [-0.05, 0) is 41.5 Å². The first-order valence-electron chi connectivity index (χ1n) is 10.6. The SMILES string of the molecule is O=c1c(=Cc2c[nH]c3ccccc23)sc2n1C(c1ccc(Cl)cc1)C=C(c1ccccc1)N=2. The zero-order chi connectivity index (χ0) is 22.4. The van der Waals surface area contributed by atoms with Gasteiger partial charge in [0, 0.05) is 27.7 Å². The number of thiazole rings is 1. The molecule has 0 saturated carbocycles. The van der Waals surface area contributed by atoms with Gasteiger partial charge in [-0.3, -0.25) is 9.36 Å². The van der Waals surface area contributed by atoms with Gasteiger partial charge < -0.3 is 4.98 Å². The van der Waals surface area contributed by atoms with Crippen molar-refractivity contribution in [3.8, 4) is 0 Å². The third-order valence-electron chi connectivity index (χ3n) is 5.84. The number of fused-ring (bicyclic) bond motifs is 2. The van der Waals surface area contributed by atoms with Crippen LogP contribution in [0, 0.1) is 0 Å². The van der Waals surface area contributed by atoms with Crippen molar-refractivity contribution in [1.29, 1.82) is 0 Å². The summed E-state index contributed by atoms with van der Waals surface area (Å²) >= 11 is 7.55. The fourth-order valence-corrected chi connectivity index (χ4v) is 5.34. The molecule has 6 rings (SSSR count). The van der Waals surface area contributed by atoms with E-state index in [0.717, 1.165) is 33.3 Å². The first-order chi connectivity index (χ1) is 16.2. The van der Waals surface area contributed by atoms with Gasteiger partial charge in [-0.25, -0.2) is 4.99 Å². The fraction of sp³-hybridized carbons (Fsp3) is 0.0370. The minimum atomic E-state index is -0.265. The molecule has 1 N–H and O–H groups in total. The maximum Gasteiger partial charge on any atom is 0.271 e. The quantitative estimate of drug-likeness (QED) is 0.392. The van der Waals surface area contributed by atoms with Crippen molar-refractivity contribution in [2.75, 3.05) is 0 Å². The van der Waals surface area contributed by atoms with Gasteiger partial charge in [0.25, 0.3) is 5.56 Å². The lowest BCUT2D eigenvalue weighted by molar-refractivity contribution is 0.644. The lowest BCUT2D eigenvalue weighted by atomic mass is 10.0. The lowest BCUT2D eigenvalue weighted by Crippen LogP contribution is -2.36. The standard InChI is InChI=1S/C27H18ClN3OS/c28-20-12-10-18(11-13-20)24-15-23(17-6-2-1-3-7-17)30-27-31(24)26(32)25(33-27)14-19-16-29-22-9-5-4-8-21(19)22/h1-16,24,29H. The Morgan fingerprint density at radius 2 is 1.73 bits per heavy atom. The Labute approximate surface area is 198 Å². The fourth-order valence-electron chi connectivity index (χ4n) is 4.20. The molecule has 1 aliphatic heterocycles. The Morgan fingerprint density at radius 3 is 2.55 bits per heavy atom. The molecule has 0 radical (unpaired) electrons. The van der Waals surface area contributed by atoms with E-state index < -0.39 is 0 Å². The van der Waals surface area contributed by atoms with Crippen molar-refractivity contribution < 1.29 is 0 Å². The summed E-state index contributed by atoms with van der Waals surface area (Å²) in [5, 5.41) is 1.75. The van der Waals surface area contributed by atoms with E-state index in [2.05, 4.69) is 17.1 Å². The molecule has 5 aromatic rings. The number of H-pyrrole nitrogens is 1. The van der Waals surface area contributed by atoms with E-state index >= 15 is 0 Å². The molecule has 160 valence electrons. The minimum Gasteiger partial charge on any atom is -0.361 e. The number of rotatable bonds is 3. The molecule has 6 heteroatoms. The van der Waals surface area contributed by atoms with Crippen LogP contribution in [0.25, 0.3) is 22.7 Å². The van der Waals surface area contributed by atoms with Crippen LogP contribution in [-0.4, -0.2) is 9.55 Å². The maximum atomic E-state index is 13.6. The molecule has 3 heterocycles. The smallest absolute Gasteiger partial charge is 0.271 e. The van der Waals surface area contributed by atoms with Crippen molar-refractivity contribution in [3.63, 3.8) is 0 Å². The van der Waals surface area contributed by atoms with Crippen molar-refractivity contribution in [1.82, 2.24) is 9.55 Å².